The summed E-state index contributed by atoms with van der Waals surface area (Å²) in [4.78, 5) is 0. The van der Waals surface area contributed by atoms with Gasteiger partial charge in [-0.15, -0.1) is 0 Å². The van der Waals surface area contributed by atoms with Crippen molar-refractivity contribution in [2.75, 3.05) is 0 Å². The molecule has 4 heteroatoms. The molecule has 0 aliphatic rings. The Morgan fingerprint density at radius 3 is 2.59 bits per heavy atom. The largest absolute Gasteiger partial charge is 0.324 e. The minimum absolute atomic E-state index is 0.232. The van der Waals surface area contributed by atoms with E-state index in [1.54, 1.807) is 10.7 Å². The van der Waals surface area contributed by atoms with Gasteiger partial charge in [0.2, 0.25) is 0 Å². The summed E-state index contributed by atoms with van der Waals surface area (Å²) in [6.07, 6.45) is 0. The van der Waals surface area contributed by atoms with Crippen molar-refractivity contribution < 1.29 is 4.39 Å². The second kappa shape index (κ2) is 4.30. The van der Waals surface area contributed by atoms with Gasteiger partial charge < -0.3 is 5.73 Å². The lowest BCUT2D eigenvalue weighted by Crippen LogP contribution is -2.13. The minimum Gasteiger partial charge on any atom is -0.324 e. The van der Waals surface area contributed by atoms with Crippen LogP contribution in [0.1, 0.15) is 29.9 Å². The predicted molar refractivity (Wildman–Crippen MR) is 65.6 cm³/mol. The van der Waals surface area contributed by atoms with Crippen LogP contribution in [0.2, 0.25) is 0 Å². The third-order valence-electron chi connectivity index (χ3n) is 2.73. The van der Waals surface area contributed by atoms with Crippen LogP contribution < -0.4 is 5.73 Å². The van der Waals surface area contributed by atoms with Crippen LogP contribution in [0.15, 0.2) is 24.3 Å². The van der Waals surface area contributed by atoms with Gasteiger partial charge >= 0.3 is 0 Å². The van der Waals surface area contributed by atoms with Crippen LogP contribution in [0.4, 0.5) is 4.39 Å². The first-order valence-electron chi connectivity index (χ1n) is 5.58. The lowest BCUT2D eigenvalue weighted by Gasteiger charge is -2.14. The Bertz CT molecular complexity index is 544. The first-order valence-corrected chi connectivity index (χ1v) is 5.58. The van der Waals surface area contributed by atoms with Crippen LogP contribution in [-0.2, 0) is 0 Å². The summed E-state index contributed by atoms with van der Waals surface area (Å²) in [5.74, 6) is -0.300. The normalized spacial score (nSPS) is 12.8. The quantitative estimate of drug-likeness (QED) is 0.866. The van der Waals surface area contributed by atoms with Crippen molar-refractivity contribution in [1.29, 1.82) is 0 Å². The second-order valence-electron chi connectivity index (χ2n) is 4.31. The van der Waals surface area contributed by atoms with Gasteiger partial charge in [0.25, 0.3) is 0 Å². The standard InChI is InChI=1S/C13H16FN3/c1-8-7-9(2)17(16-8)13-11(10(3)15)5-4-6-12(13)14/h4-7,10H,15H2,1-3H3/t10-/m0/s1. The number of hydrogen-bond donors (Lipinski definition) is 1. The minimum atomic E-state index is -0.300. The molecule has 0 aliphatic heterocycles. The third-order valence-corrected chi connectivity index (χ3v) is 2.73. The van der Waals surface area contributed by atoms with E-state index in [4.69, 9.17) is 5.73 Å². The molecule has 0 bridgehead atoms. The van der Waals surface area contributed by atoms with Gasteiger partial charge in [0, 0.05) is 11.7 Å². The maximum Gasteiger partial charge on any atom is 0.149 e. The van der Waals surface area contributed by atoms with Crippen LogP contribution in [-0.4, -0.2) is 9.78 Å². The summed E-state index contributed by atoms with van der Waals surface area (Å²) in [7, 11) is 0. The predicted octanol–water partition coefficient (Wildman–Crippen LogP) is 2.65. The molecule has 2 aromatic rings. The smallest absolute Gasteiger partial charge is 0.149 e. The first-order chi connectivity index (χ1) is 8.00. The number of para-hydroxylation sites is 1. The highest BCUT2D eigenvalue weighted by atomic mass is 19.1. The maximum atomic E-state index is 14.0. The fraction of sp³-hybridized carbons (Fsp3) is 0.308. The molecule has 1 aromatic carbocycles. The van der Waals surface area contributed by atoms with Crippen molar-refractivity contribution >= 4 is 0 Å². The molecule has 1 aromatic heterocycles. The highest BCUT2D eigenvalue weighted by Crippen LogP contribution is 2.24. The zero-order chi connectivity index (χ0) is 12.6. The molecular weight excluding hydrogens is 217 g/mol. The van der Waals surface area contributed by atoms with Crippen molar-refractivity contribution in [3.8, 4) is 5.69 Å². The molecule has 0 amide bonds. The Labute approximate surface area is 100 Å². The van der Waals surface area contributed by atoms with E-state index in [2.05, 4.69) is 5.10 Å². The molecule has 2 rings (SSSR count). The number of rotatable bonds is 2. The molecule has 0 unspecified atom stereocenters. The van der Waals surface area contributed by atoms with Gasteiger partial charge in [-0.1, -0.05) is 12.1 Å². The molecular formula is C13H16FN3. The lowest BCUT2D eigenvalue weighted by molar-refractivity contribution is 0.599. The Hall–Kier alpha value is -1.68. The molecule has 0 spiro atoms. The Morgan fingerprint density at radius 2 is 2.06 bits per heavy atom. The number of hydrogen-bond acceptors (Lipinski definition) is 2. The molecule has 0 saturated carbocycles. The molecule has 90 valence electrons. The number of halogens is 1. The monoisotopic (exact) mass is 233 g/mol. The van der Waals surface area contributed by atoms with Crippen LogP contribution in [0.3, 0.4) is 0 Å². The van der Waals surface area contributed by atoms with E-state index in [1.165, 1.54) is 6.07 Å². The zero-order valence-electron chi connectivity index (χ0n) is 10.2. The van der Waals surface area contributed by atoms with Crippen LogP contribution in [0, 0.1) is 19.7 Å². The Kier molecular flexibility index (Phi) is 2.98. The topological polar surface area (TPSA) is 43.8 Å². The van der Waals surface area contributed by atoms with E-state index in [0.29, 0.717) is 5.69 Å². The molecule has 2 N–H and O–H groups in total. The van der Waals surface area contributed by atoms with Gasteiger partial charge in [-0.3, -0.25) is 0 Å². The van der Waals surface area contributed by atoms with Gasteiger partial charge in [0.15, 0.2) is 0 Å². The van der Waals surface area contributed by atoms with Crippen molar-refractivity contribution in [2.24, 2.45) is 5.73 Å². The van der Waals surface area contributed by atoms with Crippen molar-refractivity contribution in [3.63, 3.8) is 0 Å². The molecule has 3 nitrogen and oxygen atoms in total. The molecule has 1 atom stereocenters. The second-order valence-corrected chi connectivity index (χ2v) is 4.31. The van der Waals surface area contributed by atoms with Crippen molar-refractivity contribution in [1.82, 2.24) is 9.78 Å². The Morgan fingerprint density at radius 1 is 1.35 bits per heavy atom. The van der Waals surface area contributed by atoms with E-state index in [1.807, 2.05) is 32.9 Å². The van der Waals surface area contributed by atoms with E-state index in [0.717, 1.165) is 17.0 Å². The lowest BCUT2D eigenvalue weighted by atomic mass is 10.1. The maximum absolute atomic E-state index is 14.0. The molecule has 17 heavy (non-hydrogen) atoms. The van der Waals surface area contributed by atoms with Crippen LogP contribution in [0.5, 0.6) is 0 Å². The summed E-state index contributed by atoms with van der Waals surface area (Å²) in [6, 6.07) is 6.61. The average Bonchev–Trinajstić information content (AvgIpc) is 2.57. The van der Waals surface area contributed by atoms with Gasteiger partial charge in [-0.05, 0) is 38.5 Å². The van der Waals surface area contributed by atoms with Gasteiger partial charge in [-0.25, -0.2) is 9.07 Å². The summed E-state index contributed by atoms with van der Waals surface area (Å²) >= 11 is 0. The highest BCUT2D eigenvalue weighted by molar-refractivity contribution is 5.44. The SMILES string of the molecule is Cc1cc(C)n(-c2c(F)cccc2[C@H](C)N)n1. The van der Waals surface area contributed by atoms with Crippen LogP contribution in [0.25, 0.3) is 5.69 Å². The van der Waals surface area contributed by atoms with Crippen molar-refractivity contribution in [2.45, 2.75) is 26.8 Å². The summed E-state index contributed by atoms with van der Waals surface area (Å²) in [6.45, 7) is 5.62. The van der Waals surface area contributed by atoms with E-state index < -0.39 is 0 Å². The molecule has 0 saturated heterocycles. The summed E-state index contributed by atoms with van der Waals surface area (Å²) < 4.78 is 15.6. The summed E-state index contributed by atoms with van der Waals surface area (Å²) in [5.41, 5.74) is 8.84. The molecule has 0 radical (unpaired) electrons. The number of aryl methyl sites for hydroxylation is 2. The van der Waals surface area contributed by atoms with E-state index >= 15 is 0 Å². The van der Waals surface area contributed by atoms with Crippen molar-refractivity contribution in [3.05, 3.63) is 47.0 Å². The first kappa shape index (κ1) is 11.8. The number of nitrogens with two attached hydrogens (primary N) is 1. The Balaban J connectivity index is 2.69. The molecule has 0 fully saturated rings. The fourth-order valence-electron chi connectivity index (χ4n) is 1.98. The zero-order valence-corrected chi connectivity index (χ0v) is 10.2. The fourth-order valence-corrected chi connectivity index (χ4v) is 1.98. The number of aromatic nitrogens is 2. The molecule has 0 aliphatic carbocycles. The average molecular weight is 233 g/mol. The van der Waals surface area contributed by atoms with Gasteiger partial charge in [0.1, 0.15) is 11.5 Å². The van der Waals surface area contributed by atoms with Gasteiger partial charge in [-0.2, -0.15) is 5.10 Å². The van der Waals surface area contributed by atoms with Gasteiger partial charge in [0.05, 0.1) is 5.69 Å². The number of benzene rings is 1. The van der Waals surface area contributed by atoms with E-state index in [9.17, 15) is 4.39 Å². The molecule has 1 heterocycles. The summed E-state index contributed by atoms with van der Waals surface area (Å²) in [5, 5.41) is 4.31. The number of nitrogens with zero attached hydrogens (tertiary/aromatic N) is 2. The highest BCUT2D eigenvalue weighted by Gasteiger charge is 2.15. The third kappa shape index (κ3) is 2.08. The van der Waals surface area contributed by atoms with E-state index in [-0.39, 0.29) is 11.9 Å². The van der Waals surface area contributed by atoms with Crippen LogP contribution >= 0.6 is 0 Å².